The number of hydrogen-bond acceptors (Lipinski definition) is 7. The molecule has 1 heterocycles. The van der Waals surface area contributed by atoms with Gasteiger partial charge in [0, 0.05) is 6.92 Å². The van der Waals surface area contributed by atoms with Gasteiger partial charge in [-0.1, -0.05) is 0 Å². The summed E-state index contributed by atoms with van der Waals surface area (Å²) in [6.07, 6.45) is -1.18. The van der Waals surface area contributed by atoms with Gasteiger partial charge in [-0.3, -0.25) is 4.84 Å². The molecule has 0 aromatic carbocycles. The minimum Gasteiger partial charge on any atom is -0.569 e. The van der Waals surface area contributed by atoms with Crippen molar-refractivity contribution in [2.45, 2.75) is 32.1 Å². The van der Waals surface area contributed by atoms with E-state index >= 15 is 0 Å². The van der Waals surface area contributed by atoms with Gasteiger partial charge in [-0.2, -0.15) is 0 Å². The average molecular weight is 277 g/mol. The third-order valence-electron chi connectivity index (χ3n) is 2.42. The number of nitrogens with zero attached hydrogens (tertiary/aromatic N) is 3. The predicted octanol–water partition coefficient (Wildman–Crippen LogP) is 0.473. The molecular weight excluding hydrogens is 262 g/mol. The fourth-order valence-corrected chi connectivity index (χ4v) is 1.57. The maximum Gasteiger partial charge on any atom is 0.511 e. The van der Waals surface area contributed by atoms with Crippen molar-refractivity contribution in [1.82, 2.24) is 5.01 Å². The average Bonchev–Trinajstić information content (AvgIpc) is 2.85. The summed E-state index contributed by atoms with van der Waals surface area (Å²) in [5.41, 5.74) is 0. The Hall–Kier alpha value is -2.26. The van der Waals surface area contributed by atoms with Gasteiger partial charge in [0.1, 0.15) is 0 Å². The molecule has 0 amide bonds. The summed E-state index contributed by atoms with van der Waals surface area (Å²) in [7, 11) is 1.12. The number of methoxy groups -OCH3 is 1. The molecule has 1 saturated heterocycles. The van der Waals surface area contributed by atoms with Gasteiger partial charge in [0.05, 0.1) is 18.6 Å². The zero-order valence-electron chi connectivity index (χ0n) is 10.5. The summed E-state index contributed by atoms with van der Waals surface area (Å²) in [5.74, 6) is -1.10. The molecule has 108 valence electrons. The molecular formula is C9H15N3O7. The molecule has 0 bridgehead atoms. The second kappa shape index (κ2) is 6.61. The van der Waals surface area contributed by atoms with E-state index in [-0.39, 0.29) is 11.5 Å². The van der Waals surface area contributed by atoms with Gasteiger partial charge in [-0.25, -0.2) is 9.59 Å². The second-order valence-corrected chi connectivity index (χ2v) is 3.74. The molecule has 1 N–H and O–H groups in total. The van der Waals surface area contributed by atoms with Crippen LogP contribution in [0.4, 0.5) is 4.79 Å². The van der Waals surface area contributed by atoms with Crippen LogP contribution in [0.5, 0.6) is 0 Å². The number of aliphatic carboxylic acids is 1. The molecule has 10 nitrogen and oxygen atoms in total. The molecule has 2 atom stereocenters. The van der Waals surface area contributed by atoms with Crippen LogP contribution in [0.2, 0.25) is 0 Å². The quantitative estimate of drug-likeness (QED) is 0.253. The molecule has 0 radical (unpaired) electrons. The largest absolute Gasteiger partial charge is 0.569 e. The van der Waals surface area contributed by atoms with Crippen LogP contribution >= 0.6 is 0 Å². The molecule has 10 heteroatoms. The van der Waals surface area contributed by atoms with Gasteiger partial charge in [-0.05, 0) is 12.8 Å². The minimum absolute atomic E-state index is 0.0446. The van der Waals surface area contributed by atoms with E-state index in [2.05, 4.69) is 19.6 Å². The van der Waals surface area contributed by atoms with E-state index in [9.17, 15) is 14.8 Å². The molecule has 1 unspecified atom stereocenters. The molecule has 0 aromatic heterocycles. The van der Waals surface area contributed by atoms with E-state index in [0.717, 1.165) is 12.1 Å². The Balaban J connectivity index is 2.52. The summed E-state index contributed by atoms with van der Waals surface area (Å²) < 4.78 is 8.72. The van der Waals surface area contributed by atoms with E-state index in [1.165, 1.54) is 6.92 Å². The highest BCUT2D eigenvalue weighted by Gasteiger charge is 2.37. The maximum atomic E-state index is 11.5. The lowest BCUT2D eigenvalue weighted by Crippen LogP contribution is -2.40. The summed E-state index contributed by atoms with van der Waals surface area (Å²) in [6, 6.07) is -0.929. The number of hydrazine groups is 1. The highest BCUT2D eigenvalue weighted by molar-refractivity contribution is 5.73. The molecule has 1 aliphatic rings. The van der Waals surface area contributed by atoms with Crippen molar-refractivity contribution >= 4 is 12.1 Å². The van der Waals surface area contributed by atoms with E-state index in [1.54, 1.807) is 0 Å². The van der Waals surface area contributed by atoms with Crippen LogP contribution in [0.15, 0.2) is 5.28 Å². The highest BCUT2D eigenvalue weighted by atomic mass is 16.8. The molecule has 1 rings (SSSR count). The van der Waals surface area contributed by atoms with Crippen LogP contribution in [0.25, 0.3) is 0 Å². The van der Waals surface area contributed by atoms with Crippen molar-refractivity contribution in [3.05, 3.63) is 5.21 Å². The molecule has 0 aromatic rings. The third kappa shape index (κ3) is 4.16. The topological polar surface area (TPSA) is 124 Å². The SMILES string of the molecule is COC(=O)OC(C)ON=[N+]([O-])N1CCC[C@H]1C(=O)O. The van der Waals surface area contributed by atoms with Gasteiger partial charge < -0.3 is 19.8 Å². The number of carboxylic acids is 1. The van der Waals surface area contributed by atoms with Crippen molar-refractivity contribution in [2.24, 2.45) is 5.28 Å². The molecule has 0 aliphatic carbocycles. The smallest absolute Gasteiger partial charge is 0.511 e. The van der Waals surface area contributed by atoms with Crippen molar-refractivity contribution in [3.63, 3.8) is 0 Å². The van der Waals surface area contributed by atoms with Crippen molar-refractivity contribution in [1.29, 1.82) is 0 Å². The lowest BCUT2D eigenvalue weighted by atomic mass is 10.2. The first kappa shape index (κ1) is 14.8. The Labute approximate surface area is 108 Å². The molecule has 19 heavy (non-hydrogen) atoms. The Bertz CT molecular complexity index is 373. The zero-order chi connectivity index (χ0) is 14.4. The van der Waals surface area contributed by atoms with Gasteiger partial charge in [0.15, 0.2) is 6.04 Å². The monoisotopic (exact) mass is 277 g/mol. The molecule has 0 saturated carbocycles. The van der Waals surface area contributed by atoms with Crippen LogP contribution in [-0.2, 0) is 19.1 Å². The summed E-state index contributed by atoms with van der Waals surface area (Å²) in [5, 5.41) is 24.6. The van der Waals surface area contributed by atoms with Gasteiger partial charge in [0.25, 0.3) is 6.29 Å². The van der Waals surface area contributed by atoms with Crippen LogP contribution in [-0.4, -0.2) is 53.2 Å². The van der Waals surface area contributed by atoms with E-state index < -0.39 is 24.5 Å². The van der Waals surface area contributed by atoms with Crippen LogP contribution in [0.1, 0.15) is 19.8 Å². The van der Waals surface area contributed by atoms with Crippen LogP contribution in [0, 0.1) is 5.21 Å². The van der Waals surface area contributed by atoms with Crippen molar-refractivity contribution in [3.8, 4) is 0 Å². The van der Waals surface area contributed by atoms with Crippen molar-refractivity contribution < 1.29 is 34.0 Å². The molecule has 1 fully saturated rings. The van der Waals surface area contributed by atoms with E-state index in [1.807, 2.05) is 0 Å². The van der Waals surface area contributed by atoms with Gasteiger partial charge >= 0.3 is 12.1 Å². The molecule has 0 spiro atoms. The van der Waals surface area contributed by atoms with Crippen LogP contribution in [0.3, 0.4) is 0 Å². The predicted molar refractivity (Wildman–Crippen MR) is 57.5 cm³/mol. The first-order valence-corrected chi connectivity index (χ1v) is 5.53. The normalized spacial score (nSPS) is 20.8. The fraction of sp³-hybridized carbons (Fsp3) is 0.778. The Morgan fingerprint density at radius 2 is 2.26 bits per heavy atom. The van der Waals surface area contributed by atoms with Gasteiger partial charge in [0.2, 0.25) is 5.28 Å². The van der Waals surface area contributed by atoms with E-state index in [0.29, 0.717) is 12.8 Å². The fourth-order valence-electron chi connectivity index (χ4n) is 1.57. The van der Waals surface area contributed by atoms with Crippen LogP contribution < -0.4 is 0 Å². The van der Waals surface area contributed by atoms with E-state index in [4.69, 9.17) is 5.11 Å². The lowest BCUT2D eigenvalue weighted by molar-refractivity contribution is -0.714. The third-order valence-corrected chi connectivity index (χ3v) is 2.42. The first-order chi connectivity index (χ1) is 8.95. The Morgan fingerprint density at radius 3 is 2.84 bits per heavy atom. The molecule has 1 aliphatic heterocycles. The number of carbonyl (C=O) groups is 2. The zero-order valence-corrected chi connectivity index (χ0v) is 10.5. The second-order valence-electron chi connectivity index (χ2n) is 3.74. The minimum atomic E-state index is -1.13. The Kier molecular flexibility index (Phi) is 5.15. The first-order valence-electron chi connectivity index (χ1n) is 5.53. The number of ether oxygens (including phenoxy) is 2. The van der Waals surface area contributed by atoms with Gasteiger partial charge in [-0.15, -0.1) is 5.01 Å². The number of carboxylic acid groups (broad SMARTS) is 1. The highest BCUT2D eigenvalue weighted by Crippen LogP contribution is 2.17. The number of rotatable bonds is 5. The number of carbonyl (C=O) groups excluding carboxylic acids is 1. The summed E-state index contributed by atoms with van der Waals surface area (Å²) in [6.45, 7) is 1.59. The summed E-state index contributed by atoms with van der Waals surface area (Å²) in [4.78, 5) is 26.2. The maximum absolute atomic E-state index is 11.5. The standard InChI is InChI=1S/C9H15N3O7/c1-6(18-9(15)17-2)19-10-12(16)11-5-3-4-7(11)8(13)14/h6-7H,3-5H2,1-2H3,(H,13,14)/t6?,7-/m0/s1. The summed E-state index contributed by atoms with van der Waals surface area (Å²) >= 11 is 0. The Morgan fingerprint density at radius 1 is 1.58 bits per heavy atom. The van der Waals surface area contributed by atoms with Crippen molar-refractivity contribution in [2.75, 3.05) is 13.7 Å². The number of hydrogen-bond donors (Lipinski definition) is 1. The lowest BCUT2D eigenvalue weighted by Gasteiger charge is -2.16.